The fourth-order valence-corrected chi connectivity index (χ4v) is 3.24. The first-order valence-corrected chi connectivity index (χ1v) is 8.89. The van der Waals surface area contributed by atoms with Crippen molar-refractivity contribution in [1.29, 1.82) is 0 Å². The molecule has 2 aromatic carbocycles. The summed E-state index contributed by atoms with van der Waals surface area (Å²) in [6.45, 7) is 5.42. The van der Waals surface area contributed by atoms with Crippen molar-refractivity contribution in [2.75, 3.05) is 0 Å². The first-order valence-electron chi connectivity index (χ1n) is 8.89. The summed E-state index contributed by atoms with van der Waals surface area (Å²) in [6, 6.07) is 14.3. The number of nitrogens with zero attached hydrogens (tertiary/aromatic N) is 2. The second kappa shape index (κ2) is 7.19. The Hall–Kier alpha value is -3.60. The minimum atomic E-state index is -0.306. The summed E-state index contributed by atoms with van der Waals surface area (Å²) in [7, 11) is 0. The molecule has 5 heteroatoms. The minimum Gasteiger partial charge on any atom is -0.345 e. The van der Waals surface area contributed by atoms with Gasteiger partial charge in [0.05, 0.1) is 11.1 Å². The maximum atomic E-state index is 14.4. The number of halogens is 1. The van der Waals surface area contributed by atoms with Gasteiger partial charge in [-0.15, -0.1) is 0 Å². The van der Waals surface area contributed by atoms with Crippen molar-refractivity contribution in [2.45, 2.75) is 13.3 Å². The van der Waals surface area contributed by atoms with Gasteiger partial charge in [-0.2, -0.15) is 0 Å². The predicted octanol–water partition coefficient (Wildman–Crippen LogP) is 5.12. The van der Waals surface area contributed by atoms with Crippen LogP contribution in [-0.4, -0.2) is 20.7 Å². The summed E-state index contributed by atoms with van der Waals surface area (Å²) in [6.07, 6.45) is 3.51. The SMILES string of the molecule is C=C(C)C(=O)Cc1cccc(-c2ncnc3[nH]cc(-c4ccccc4F)c23)c1. The number of allylic oxidation sites excluding steroid dienone is 1. The standard InChI is InChI=1S/C23H18FN3O/c1-14(2)20(28)11-15-6-5-7-16(10-15)22-21-18(12-25-23(21)27-13-26-22)17-8-3-4-9-19(17)24/h3-10,12-13H,1,11H2,2H3,(H,25,26,27). The molecule has 0 bridgehead atoms. The van der Waals surface area contributed by atoms with E-state index < -0.39 is 0 Å². The fraction of sp³-hybridized carbons (Fsp3) is 0.0870. The van der Waals surface area contributed by atoms with E-state index in [4.69, 9.17) is 0 Å². The molecule has 1 N–H and O–H groups in total. The number of hydrogen-bond donors (Lipinski definition) is 1. The molecule has 0 radical (unpaired) electrons. The number of nitrogens with one attached hydrogen (secondary N) is 1. The van der Waals surface area contributed by atoms with Crippen LogP contribution in [0, 0.1) is 5.82 Å². The number of benzene rings is 2. The zero-order valence-corrected chi connectivity index (χ0v) is 15.4. The molecule has 4 aromatic rings. The van der Waals surface area contributed by atoms with Gasteiger partial charge in [-0.25, -0.2) is 14.4 Å². The van der Waals surface area contributed by atoms with E-state index in [1.54, 1.807) is 31.3 Å². The Morgan fingerprint density at radius 3 is 2.71 bits per heavy atom. The summed E-state index contributed by atoms with van der Waals surface area (Å²) in [4.78, 5) is 23.9. The number of ketones is 1. The molecule has 0 fully saturated rings. The average Bonchev–Trinajstić information content (AvgIpc) is 3.12. The van der Waals surface area contributed by atoms with Crippen LogP contribution in [0.3, 0.4) is 0 Å². The van der Waals surface area contributed by atoms with E-state index in [9.17, 15) is 9.18 Å². The Morgan fingerprint density at radius 1 is 1.11 bits per heavy atom. The number of aromatic amines is 1. The molecule has 0 aliphatic carbocycles. The van der Waals surface area contributed by atoms with Gasteiger partial charge in [0.1, 0.15) is 17.8 Å². The van der Waals surface area contributed by atoms with E-state index in [-0.39, 0.29) is 18.0 Å². The van der Waals surface area contributed by atoms with Gasteiger partial charge in [0, 0.05) is 29.3 Å². The van der Waals surface area contributed by atoms with E-state index in [2.05, 4.69) is 21.5 Å². The van der Waals surface area contributed by atoms with Crippen molar-refractivity contribution >= 4 is 16.8 Å². The van der Waals surface area contributed by atoms with Gasteiger partial charge >= 0.3 is 0 Å². The smallest absolute Gasteiger partial charge is 0.162 e. The van der Waals surface area contributed by atoms with Gasteiger partial charge in [0.15, 0.2) is 5.78 Å². The molecule has 0 atom stereocenters. The Morgan fingerprint density at radius 2 is 1.93 bits per heavy atom. The number of carbonyl (C=O) groups is 1. The zero-order valence-electron chi connectivity index (χ0n) is 15.4. The van der Waals surface area contributed by atoms with Gasteiger partial charge in [-0.3, -0.25) is 4.79 Å². The van der Waals surface area contributed by atoms with Crippen LogP contribution >= 0.6 is 0 Å². The van der Waals surface area contributed by atoms with Crippen LogP contribution in [-0.2, 0) is 11.2 Å². The number of hydrogen-bond acceptors (Lipinski definition) is 3. The van der Waals surface area contributed by atoms with Crippen molar-refractivity contribution in [3.8, 4) is 22.4 Å². The van der Waals surface area contributed by atoms with Crippen molar-refractivity contribution in [3.63, 3.8) is 0 Å². The van der Waals surface area contributed by atoms with Gasteiger partial charge < -0.3 is 4.98 Å². The molecule has 0 saturated carbocycles. The lowest BCUT2D eigenvalue weighted by Gasteiger charge is -2.08. The number of carbonyl (C=O) groups excluding carboxylic acids is 1. The number of aromatic nitrogens is 3. The van der Waals surface area contributed by atoms with Crippen molar-refractivity contribution in [1.82, 2.24) is 15.0 Å². The lowest BCUT2D eigenvalue weighted by Crippen LogP contribution is -2.03. The van der Waals surface area contributed by atoms with Crippen LogP contribution in [0.5, 0.6) is 0 Å². The van der Waals surface area contributed by atoms with Gasteiger partial charge in [-0.05, 0) is 30.2 Å². The molecule has 4 nitrogen and oxygen atoms in total. The average molecular weight is 371 g/mol. The van der Waals surface area contributed by atoms with Gasteiger partial charge in [0.25, 0.3) is 0 Å². The zero-order chi connectivity index (χ0) is 19.7. The monoisotopic (exact) mass is 371 g/mol. The Bertz CT molecular complexity index is 1210. The van der Waals surface area contributed by atoms with Gasteiger partial charge in [0.2, 0.25) is 0 Å². The molecular formula is C23H18FN3O. The highest BCUT2D eigenvalue weighted by molar-refractivity contribution is 6.02. The van der Waals surface area contributed by atoms with E-state index in [0.29, 0.717) is 28.0 Å². The number of fused-ring (bicyclic) bond motifs is 1. The van der Waals surface area contributed by atoms with E-state index in [1.165, 1.54) is 12.4 Å². The number of Topliss-reactive ketones (excluding diaryl/α,β-unsaturated/α-hetero) is 1. The summed E-state index contributed by atoms with van der Waals surface area (Å²) in [5.41, 5.74) is 4.76. The Balaban J connectivity index is 1.86. The summed E-state index contributed by atoms with van der Waals surface area (Å²) < 4.78 is 14.4. The van der Waals surface area contributed by atoms with E-state index in [0.717, 1.165) is 16.5 Å². The van der Waals surface area contributed by atoms with Crippen LogP contribution in [0.15, 0.2) is 73.2 Å². The van der Waals surface area contributed by atoms with Crippen LogP contribution in [0.1, 0.15) is 12.5 Å². The Kier molecular flexibility index (Phi) is 4.57. The van der Waals surface area contributed by atoms with Crippen LogP contribution < -0.4 is 0 Å². The molecule has 28 heavy (non-hydrogen) atoms. The predicted molar refractivity (Wildman–Crippen MR) is 108 cm³/mol. The third-order valence-electron chi connectivity index (χ3n) is 4.67. The molecular weight excluding hydrogens is 353 g/mol. The normalized spacial score (nSPS) is 10.9. The first kappa shape index (κ1) is 17.8. The third-order valence-corrected chi connectivity index (χ3v) is 4.67. The van der Waals surface area contributed by atoms with E-state index >= 15 is 0 Å². The maximum absolute atomic E-state index is 14.4. The lowest BCUT2D eigenvalue weighted by atomic mass is 9.98. The number of rotatable bonds is 5. The molecule has 0 spiro atoms. The highest BCUT2D eigenvalue weighted by atomic mass is 19.1. The largest absolute Gasteiger partial charge is 0.345 e. The maximum Gasteiger partial charge on any atom is 0.162 e. The van der Waals surface area contributed by atoms with Crippen molar-refractivity contribution in [3.05, 3.63) is 84.6 Å². The quantitative estimate of drug-likeness (QED) is 0.496. The number of H-pyrrole nitrogens is 1. The highest BCUT2D eigenvalue weighted by Crippen LogP contribution is 2.35. The van der Waals surface area contributed by atoms with Crippen LogP contribution in [0.2, 0.25) is 0 Å². The summed E-state index contributed by atoms with van der Waals surface area (Å²) >= 11 is 0. The topological polar surface area (TPSA) is 58.6 Å². The van der Waals surface area contributed by atoms with Gasteiger partial charge in [-0.1, -0.05) is 43.0 Å². The van der Waals surface area contributed by atoms with Crippen molar-refractivity contribution in [2.24, 2.45) is 0 Å². The molecule has 2 heterocycles. The van der Waals surface area contributed by atoms with Crippen molar-refractivity contribution < 1.29 is 9.18 Å². The lowest BCUT2D eigenvalue weighted by molar-refractivity contribution is -0.114. The van der Waals surface area contributed by atoms with Crippen LogP contribution in [0.25, 0.3) is 33.4 Å². The summed E-state index contributed by atoms with van der Waals surface area (Å²) in [5.74, 6) is -0.308. The minimum absolute atomic E-state index is 0.00123. The first-order chi connectivity index (χ1) is 13.5. The molecule has 0 unspecified atom stereocenters. The van der Waals surface area contributed by atoms with Crippen LogP contribution in [0.4, 0.5) is 4.39 Å². The molecule has 4 rings (SSSR count). The molecule has 0 aliphatic heterocycles. The Labute approximate surface area is 161 Å². The molecule has 0 aliphatic rings. The van der Waals surface area contributed by atoms with E-state index in [1.807, 2.05) is 24.3 Å². The third kappa shape index (κ3) is 3.22. The second-order valence-electron chi connectivity index (χ2n) is 6.71. The molecule has 2 aromatic heterocycles. The second-order valence-corrected chi connectivity index (χ2v) is 6.71. The summed E-state index contributed by atoms with van der Waals surface area (Å²) in [5, 5.41) is 0.746. The fourth-order valence-electron chi connectivity index (χ4n) is 3.24. The highest BCUT2D eigenvalue weighted by Gasteiger charge is 2.16. The molecule has 0 saturated heterocycles. The molecule has 138 valence electrons. The molecule has 0 amide bonds.